The van der Waals surface area contributed by atoms with Crippen LogP contribution in [0.3, 0.4) is 0 Å². The molecule has 37 heavy (non-hydrogen) atoms. The molecule has 11 nitrogen and oxygen atoms in total. The molecule has 1 aliphatic heterocycles. The van der Waals surface area contributed by atoms with Crippen LogP contribution in [0.5, 0.6) is 5.75 Å². The summed E-state index contributed by atoms with van der Waals surface area (Å²) in [4.78, 5) is 50.2. The van der Waals surface area contributed by atoms with Crippen molar-refractivity contribution in [3.8, 4) is 5.75 Å². The Bertz CT molecular complexity index is 1100. The number of benzene rings is 2. The highest BCUT2D eigenvalue weighted by Gasteiger charge is 2.50. The highest BCUT2D eigenvalue weighted by Crippen LogP contribution is 2.23. The third-order valence-corrected chi connectivity index (χ3v) is 5.87. The van der Waals surface area contributed by atoms with Crippen molar-refractivity contribution in [2.75, 3.05) is 13.2 Å². The predicted molar refractivity (Wildman–Crippen MR) is 133 cm³/mol. The molecule has 1 saturated heterocycles. The zero-order chi connectivity index (χ0) is 26.9. The molecule has 0 aliphatic carbocycles. The second-order valence-electron chi connectivity index (χ2n) is 8.93. The van der Waals surface area contributed by atoms with E-state index in [2.05, 4.69) is 16.0 Å². The first-order chi connectivity index (χ1) is 17.7. The smallest absolute Gasteiger partial charge is 0.253 e. The quantitative estimate of drug-likeness (QED) is 0.150. The van der Waals surface area contributed by atoms with Gasteiger partial charge in [0.25, 0.3) is 11.8 Å². The summed E-state index contributed by atoms with van der Waals surface area (Å²) in [7, 11) is 0. The lowest BCUT2D eigenvalue weighted by Crippen LogP contribution is -2.55. The van der Waals surface area contributed by atoms with Gasteiger partial charge in [0.15, 0.2) is 12.2 Å². The van der Waals surface area contributed by atoms with E-state index < -0.39 is 47.9 Å². The van der Waals surface area contributed by atoms with Gasteiger partial charge in [0, 0.05) is 26.0 Å². The Morgan fingerprint density at radius 2 is 1.46 bits per heavy atom. The number of hydrogen-bond acceptors (Lipinski definition) is 7. The third kappa shape index (κ3) is 8.29. The maximum Gasteiger partial charge on any atom is 0.253 e. The Hall–Kier alpha value is -3.96. The Labute approximate surface area is 214 Å². The summed E-state index contributed by atoms with van der Waals surface area (Å²) < 4.78 is 5.21. The highest BCUT2D eigenvalue weighted by atomic mass is 16.6. The maximum atomic E-state index is 13.2. The Morgan fingerprint density at radius 1 is 0.892 bits per heavy atom. The molecule has 2 aromatic rings. The highest BCUT2D eigenvalue weighted by molar-refractivity contribution is 5.97. The van der Waals surface area contributed by atoms with E-state index in [1.54, 1.807) is 12.1 Å². The molecule has 0 radical (unpaired) electrons. The van der Waals surface area contributed by atoms with Crippen LogP contribution in [0.25, 0.3) is 0 Å². The lowest BCUT2D eigenvalue weighted by Gasteiger charge is -2.22. The summed E-state index contributed by atoms with van der Waals surface area (Å²) in [5, 5.41) is 26.1. The normalized spacial score (nSPS) is 17.8. The third-order valence-electron chi connectivity index (χ3n) is 5.87. The van der Waals surface area contributed by atoms with Gasteiger partial charge in [-0.1, -0.05) is 42.0 Å². The van der Waals surface area contributed by atoms with E-state index in [1.807, 2.05) is 31.2 Å². The number of aromatic hydroxyl groups is 1. The number of amides is 4. The second-order valence-corrected chi connectivity index (χ2v) is 8.93. The standard InChI is InChI=1S/C26H32N4O7/c1-15-3-5-16(6-4-15)14-20(30-26(36)22-21(37-22)25(35)28-11-2-12-31)24(34)29-19(23(27)33)13-17-7-9-18(32)10-8-17/h3-10,19-22,31-32H,2,11-14H2,1H3,(H2,27,33)(H,28,35)(H,29,34)(H,30,36)/t19-,20-,21-,22-/m0/s1. The van der Waals surface area contributed by atoms with Crippen LogP contribution in [-0.4, -0.2) is 71.3 Å². The van der Waals surface area contributed by atoms with Crippen molar-refractivity contribution in [2.24, 2.45) is 5.73 Å². The lowest BCUT2D eigenvalue weighted by atomic mass is 10.0. The predicted octanol–water partition coefficient (Wildman–Crippen LogP) is -0.793. The van der Waals surface area contributed by atoms with Crippen LogP contribution in [0.1, 0.15) is 23.1 Å². The molecule has 0 aromatic heterocycles. The van der Waals surface area contributed by atoms with Gasteiger partial charge in [-0.25, -0.2) is 0 Å². The molecule has 0 spiro atoms. The first-order valence-electron chi connectivity index (χ1n) is 12.0. The topological polar surface area (TPSA) is 183 Å². The number of nitrogens with one attached hydrogen (secondary N) is 3. The summed E-state index contributed by atoms with van der Waals surface area (Å²) in [5.74, 6) is -2.43. The number of phenolic OH excluding ortho intramolecular Hbond substituents is 1. The number of carbonyl (C=O) groups is 4. The summed E-state index contributed by atoms with van der Waals surface area (Å²) in [6, 6.07) is 11.4. The summed E-state index contributed by atoms with van der Waals surface area (Å²) >= 11 is 0. The van der Waals surface area contributed by atoms with Crippen LogP contribution in [-0.2, 0) is 36.8 Å². The molecule has 4 atom stereocenters. The number of phenols is 1. The number of ether oxygens (including phenoxy) is 1. The van der Waals surface area contributed by atoms with Gasteiger partial charge in [-0.15, -0.1) is 0 Å². The summed E-state index contributed by atoms with van der Waals surface area (Å²) in [6.45, 7) is 2.09. The minimum atomic E-state index is -1.07. The molecule has 0 saturated carbocycles. The minimum Gasteiger partial charge on any atom is -0.508 e. The fourth-order valence-corrected chi connectivity index (χ4v) is 3.69. The van der Waals surface area contributed by atoms with Gasteiger partial charge in [-0.2, -0.15) is 0 Å². The van der Waals surface area contributed by atoms with Crippen molar-refractivity contribution in [2.45, 2.75) is 50.5 Å². The number of aliphatic hydroxyl groups excluding tert-OH is 1. The van der Waals surface area contributed by atoms with Crippen molar-refractivity contribution in [1.29, 1.82) is 0 Å². The second kappa shape index (κ2) is 12.8. The molecule has 4 amide bonds. The molecular formula is C26H32N4O7. The average Bonchev–Trinajstić information content (AvgIpc) is 3.67. The van der Waals surface area contributed by atoms with Crippen molar-refractivity contribution in [3.05, 3.63) is 65.2 Å². The molecule has 3 rings (SSSR count). The van der Waals surface area contributed by atoms with Crippen LogP contribution in [0.15, 0.2) is 48.5 Å². The Balaban J connectivity index is 1.68. The number of aliphatic hydroxyl groups is 1. The van der Waals surface area contributed by atoms with E-state index in [4.69, 9.17) is 15.6 Å². The van der Waals surface area contributed by atoms with Gasteiger partial charge >= 0.3 is 0 Å². The van der Waals surface area contributed by atoms with Crippen LogP contribution < -0.4 is 21.7 Å². The van der Waals surface area contributed by atoms with Gasteiger partial charge in [0.05, 0.1) is 0 Å². The zero-order valence-electron chi connectivity index (χ0n) is 20.5. The Kier molecular flexibility index (Phi) is 9.58. The summed E-state index contributed by atoms with van der Waals surface area (Å²) in [5.41, 5.74) is 7.99. The Morgan fingerprint density at radius 3 is 2.05 bits per heavy atom. The van der Waals surface area contributed by atoms with E-state index in [0.717, 1.165) is 11.1 Å². The molecule has 7 N–H and O–H groups in total. The average molecular weight is 513 g/mol. The van der Waals surface area contributed by atoms with Crippen molar-refractivity contribution in [1.82, 2.24) is 16.0 Å². The van der Waals surface area contributed by atoms with Gasteiger partial charge in [-0.3, -0.25) is 19.2 Å². The molecule has 198 valence electrons. The SMILES string of the molecule is Cc1ccc(C[C@H](NC(=O)[C@H]2O[C@@H]2C(=O)NCCCO)C(=O)N[C@@H](Cc2ccc(O)cc2)C(N)=O)cc1. The number of hydrogen-bond donors (Lipinski definition) is 6. The number of nitrogens with two attached hydrogens (primary N) is 1. The fraction of sp³-hybridized carbons (Fsp3) is 0.385. The van der Waals surface area contributed by atoms with E-state index in [9.17, 15) is 24.3 Å². The van der Waals surface area contributed by atoms with Gasteiger partial charge in [0.2, 0.25) is 11.8 Å². The first kappa shape index (κ1) is 27.6. The first-order valence-corrected chi connectivity index (χ1v) is 12.0. The van der Waals surface area contributed by atoms with Crippen molar-refractivity contribution >= 4 is 23.6 Å². The van der Waals surface area contributed by atoms with Gasteiger partial charge in [-0.05, 0) is 36.6 Å². The van der Waals surface area contributed by atoms with Gasteiger partial charge < -0.3 is 36.6 Å². The molecule has 0 unspecified atom stereocenters. The molecular weight excluding hydrogens is 480 g/mol. The fourth-order valence-electron chi connectivity index (χ4n) is 3.69. The molecule has 0 bridgehead atoms. The van der Waals surface area contributed by atoms with Crippen LogP contribution in [0.2, 0.25) is 0 Å². The van der Waals surface area contributed by atoms with E-state index >= 15 is 0 Å². The lowest BCUT2D eigenvalue weighted by molar-refractivity contribution is -0.131. The van der Waals surface area contributed by atoms with Gasteiger partial charge in [0.1, 0.15) is 17.8 Å². The molecule has 11 heteroatoms. The largest absolute Gasteiger partial charge is 0.508 e. The number of aryl methyl sites for hydroxylation is 1. The number of rotatable bonds is 13. The van der Waals surface area contributed by atoms with E-state index in [-0.39, 0.29) is 31.7 Å². The number of epoxide rings is 1. The number of carbonyl (C=O) groups excluding carboxylic acids is 4. The summed E-state index contributed by atoms with van der Waals surface area (Å²) in [6.07, 6.45) is -1.43. The monoisotopic (exact) mass is 512 g/mol. The van der Waals surface area contributed by atoms with E-state index in [0.29, 0.717) is 12.0 Å². The van der Waals surface area contributed by atoms with Crippen molar-refractivity contribution in [3.63, 3.8) is 0 Å². The van der Waals surface area contributed by atoms with E-state index in [1.165, 1.54) is 12.1 Å². The minimum absolute atomic E-state index is 0.0620. The van der Waals surface area contributed by atoms with Crippen LogP contribution in [0, 0.1) is 6.92 Å². The molecule has 1 heterocycles. The van der Waals surface area contributed by atoms with Crippen LogP contribution in [0.4, 0.5) is 0 Å². The van der Waals surface area contributed by atoms with Crippen LogP contribution >= 0.6 is 0 Å². The van der Waals surface area contributed by atoms with Crippen molar-refractivity contribution < 1.29 is 34.1 Å². The zero-order valence-corrected chi connectivity index (χ0v) is 20.5. The molecule has 2 aromatic carbocycles. The number of primary amides is 1. The maximum absolute atomic E-state index is 13.2. The molecule has 1 fully saturated rings. The molecule has 1 aliphatic rings.